The minimum Gasteiger partial charge on any atom is -0.351 e. The molecule has 3 fully saturated rings. The zero-order valence-electron chi connectivity index (χ0n) is 15.9. The first kappa shape index (κ1) is 15.9. The maximum atomic E-state index is 5.03. The third kappa shape index (κ3) is 2.81. The van der Waals surface area contributed by atoms with Gasteiger partial charge in [-0.1, -0.05) is 37.1 Å². The average Bonchev–Trinajstić information content (AvgIpc) is 3.46. The molecule has 5 aliphatic rings. The lowest BCUT2D eigenvalue weighted by Crippen LogP contribution is -2.43. The monoisotopic (exact) mass is 360 g/mol. The minimum atomic E-state index is 0.479. The number of hydrogen-bond donors (Lipinski definition) is 1. The van der Waals surface area contributed by atoms with Crippen molar-refractivity contribution < 1.29 is 0 Å². The van der Waals surface area contributed by atoms with Crippen LogP contribution in [0.4, 0.5) is 11.8 Å². The quantitative estimate of drug-likeness (QED) is 0.819. The smallest absolute Gasteiger partial charge is 0.225 e. The van der Waals surface area contributed by atoms with E-state index in [0.29, 0.717) is 23.9 Å². The molecule has 7 rings (SSSR count). The highest BCUT2D eigenvalue weighted by Gasteiger charge is 2.39. The summed E-state index contributed by atoms with van der Waals surface area (Å²) in [5.41, 5.74) is 4.36. The van der Waals surface area contributed by atoms with Gasteiger partial charge in [0.15, 0.2) is 0 Å². The number of nitrogens with zero attached hydrogens (tertiary/aromatic N) is 3. The molecule has 1 aromatic carbocycles. The number of anilines is 2. The van der Waals surface area contributed by atoms with Crippen molar-refractivity contribution >= 4 is 11.8 Å². The van der Waals surface area contributed by atoms with Crippen molar-refractivity contribution in [3.05, 3.63) is 47.2 Å². The van der Waals surface area contributed by atoms with Crippen molar-refractivity contribution in [1.82, 2.24) is 9.97 Å². The van der Waals surface area contributed by atoms with Gasteiger partial charge >= 0.3 is 0 Å². The summed E-state index contributed by atoms with van der Waals surface area (Å²) in [7, 11) is 0. The van der Waals surface area contributed by atoms with E-state index >= 15 is 0 Å². The van der Waals surface area contributed by atoms with Crippen molar-refractivity contribution in [1.29, 1.82) is 0 Å². The molecule has 2 aromatic rings. The summed E-state index contributed by atoms with van der Waals surface area (Å²) in [6.45, 7) is 1.10. The van der Waals surface area contributed by atoms with Crippen LogP contribution in [0.1, 0.15) is 86.1 Å². The lowest BCUT2D eigenvalue weighted by molar-refractivity contribution is 0.387. The largest absolute Gasteiger partial charge is 0.351 e. The summed E-state index contributed by atoms with van der Waals surface area (Å²) in [6.07, 6.45) is 10.3. The van der Waals surface area contributed by atoms with E-state index in [1.165, 1.54) is 62.6 Å². The zero-order valence-corrected chi connectivity index (χ0v) is 15.9. The molecule has 140 valence electrons. The molecule has 4 heteroatoms. The van der Waals surface area contributed by atoms with Crippen LogP contribution in [0.2, 0.25) is 0 Å². The van der Waals surface area contributed by atoms with E-state index in [0.717, 1.165) is 18.3 Å². The highest BCUT2D eigenvalue weighted by molar-refractivity contribution is 5.54. The number of benzene rings is 1. The highest BCUT2D eigenvalue weighted by atomic mass is 15.3. The predicted molar refractivity (Wildman–Crippen MR) is 108 cm³/mol. The van der Waals surface area contributed by atoms with Crippen LogP contribution in [-0.2, 0) is 0 Å². The summed E-state index contributed by atoms with van der Waals surface area (Å²) < 4.78 is 0. The second kappa shape index (κ2) is 6.22. The summed E-state index contributed by atoms with van der Waals surface area (Å²) >= 11 is 0. The molecule has 2 atom stereocenters. The van der Waals surface area contributed by atoms with E-state index in [1.807, 2.05) is 0 Å². The summed E-state index contributed by atoms with van der Waals surface area (Å²) in [5.74, 6) is 3.33. The number of hydrogen-bond acceptors (Lipinski definition) is 4. The Bertz CT molecular complexity index is 853. The maximum Gasteiger partial charge on any atom is 0.225 e. The Kier molecular flexibility index (Phi) is 3.66. The third-order valence-electron chi connectivity index (χ3n) is 7.09. The topological polar surface area (TPSA) is 41.1 Å². The fourth-order valence-electron chi connectivity index (χ4n) is 5.49. The van der Waals surface area contributed by atoms with Gasteiger partial charge in [-0.25, -0.2) is 4.98 Å². The van der Waals surface area contributed by atoms with Crippen LogP contribution in [-0.4, -0.2) is 22.6 Å². The molecule has 3 heterocycles. The highest BCUT2D eigenvalue weighted by Crippen LogP contribution is 2.49. The predicted octanol–water partition coefficient (Wildman–Crippen LogP) is 5.15. The van der Waals surface area contributed by atoms with Crippen LogP contribution in [0.5, 0.6) is 0 Å². The standard InChI is InChI=1S/C23H28N4/c1-2-6-17(5-1)24-23-25-20(15-9-10-15)13-22(26-23)27-14-16-11-12-21(27)19-8-4-3-7-18(16)19/h3-4,7-8,13,15-17,21H,1-2,5-6,9-12,14H2,(H,24,25,26)/t16-,21+/m0/s1. The molecule has 3 aliphatic carbocycles. The molecule has 27 heavy (non-hydrogen) atoms. The SMILES string of the molecule is c1ccc2c(c1)[C@H]1CC[C@H]2N(c2cc(C3CC3)nc(NC3CCCC3)n2)C1. The van der Waals surface area contributed by atoms with Crippen LogP contribution in [0.25, 0.3) is 0 Å². The summed E-state index contributed by atoms with van der Waals surface area (Å²) in [4.78, 5) is 12.5. The Morgan fingerprint density at radius 2 is 1.63 bits per heavy atom. The number of rotatable bonds is 4. The second-order valence-electron chi connectivity index (χ2n) is 8.95. The number of nitrogens with one attached hydrogen (secondary N) is 1. The molecule has 1 aromatic heterocycles. The van der Waals surface area contributed by atoms with Gasteiger partial charge in [0.1, 0.15) is 5.82 Å². The normalized spacial score (nSPS) is 27.0. The van der Waals surface area contributed by atoms with Crippen molar-refractivity contribution in [2.75, 3.05) is 16.8 Å². The molecule has 0 radical (unpaired) electrons. The van der Waals surface area contributed by atoms with Crippen molar-refractivity contribution in [3.63, 3.8) is 0 Å². The van der Waals surface area contributed by atoms with E-state index in [-0.39, 0.29) is 0 Å². The van der Waals surface area contributed by atoms with Gasteiger partial charge in [0, 0.05) is 30.5 Å². The van der Waals surface area contributed by atoms with Gasteiger partial charge in [-0.3, -0.25) is 0 Å². The van der Waals surface area contributed by atoms with Gasteiger partial charge in [-0.2, -0.15) is 4.98 Å². The van der Waals surface area contributed by atoms with Crippen LogP contribution < -0.4 is 10.2 Å². The molecule has 0 spiro atoms. The second-order valence-corrected chi connectivity index (χ2v) is 8.95. The van der Waals surface area contributed by atoms with Crippen LogP contribution >= 0.6 is 0 Å². The zero-order chi connectivity index (χ0) is 17.8. The molecule has 2 bridgehead atoms. The molecular weight excluding hydrogens is 332 g/mol. The van der Waals surface area contributed by atoms with Gasteiger partial charge in [0.25, 0.3) is 0 Å². The lowest BCUT2D eigenvalue weighted by atomic mass is 9.75. The Hall–Kier alpha value is -2.10. The molecule has 0 unspecified atom stereocenters. The van der Waals surface area contributed by atoms with Crippen LogP contribution in [0, 0.1) is 0 Å². The fraction of sp³-hybridized carbons (Fsp3) is 0.565. The molecule has 0 amide bonds. The number of fused-ring (bicyclic) bond motifs is 2. The van der Waals surface area contributed by atoms with Gasteiger partial charge < -0.3 is 10.2 Å². The van der Waals surface area contributed by atoms with E-state index in [1.54, 1.807) is 5.56 Å². The molecule has 1 saturated heterocycles. The third-order valence-corrected chi connectivity index (χ3v) is 7.09. The number of piperidine rings is 1. The average molecular weight is 361 g/mol. The molecule has 1 N–H and O–H groups in total. The van der Waals surface area contributed by atoms with E-state index in [9.17, 15) is 0 Å². The Morgan fingerprint density at radius 1 is 0.852 bits per heavy atom. The van der Waals surface area contributed by atoms with E-state index in [4.69, 9.17) is 9.97 Å². The van der Waals surface area contributed by atoms with Crippen molar-refractivity contribution in [2.45, 2.75) is 75.3 Å². The fourth-order valence-corrected chi connectivity index (χ4v) is 5.49. The van der Waals surface area contributed by atoms with Gasteiger partial charge in [0.2, 0.25) is 5.95 Å². The Morgan fingerprint density at radius 3 is 2.44 bits per heavy atom. The van der Waals surface area contributed by atoms with Crippen LogP contribution in [0.3, 0.4) is 0 Å². The van der Waals surface area contributed by atoms with Gasteiger partial charge in [-0.15, -0.1) is 0 Å². The van der Waals surface area contributed by atoms with Crippen molar-refractivity contribution in [3.8, 4) is 0 Å². The molecule has 2 aliphatic heterocycles. The Labute approximate surface area is 161 Å². The van der Waals surface area contributed by atoms with Crippen LogP contribution in [0.15, 0.2) is 30.3 Å². The Balaban J connectivity index is 1.36. The first-order chi connectivity index (χ1) is 13.3. The molecule has 2 saturated carbocycles. The number of aromatic nitrogens is 2. The maximum absolute atomic E-state index is 5.03. The summed E-state index contributed by atoms with van der Waals surface area (Å²) in [6, 6.07) is 12.4. The summed E-state index contributed by atoms with van der Waals surface area (Å²) in [5, 5.41) is 3.66. The van der Waals surface area contributed by atoms with E-state index < -0.39 is 0 Å². The molecule has 4 nitrogen and oxygen atoms in total. The van der Waals surface area contributed by atoms with Crippen molar-refractivity contribution in [2.24, 2.45) is 0 Å². The lowest BCUT2D eigenvalue weighted by Gasteiger charge is -2.47. The minimum absolute atomic E-state index is 0.479. The van der Waals surface area contributed by atoms with E-state index in [2.05, 4.69) is 40.5 Å². The first-order valence-electron chi connectivity index (χ1n) is 10.9. The molecular formula is C23H28N4. The first-order valence-corrected chi connectivity index (χ1v) is 10.9. The van der Waals surface area contributed by atoms with Gasteiger partial charge in [-0.05, 0) is 49.7 Å². The van der Waals surface area contributed by atoms with Gasteiger partial charge in [0.05, 0.1) is 11.7 Å².